The molecule has 48 heavy (non-hydrogen) atoms. The molecule has 14 heteroatoms. The highest BCUT2D eigenvalue weighted by Gasteiger charge is 2.69. The number of anilines is 1. The number of alkyl halides is 3. The van der Waals surface area contributed by atoms with Crippen LogP contribution in [0.1, 0.15) is 65.3 Å². The summed E-state index contributed by atoms with van der Waals surface area (Å²) in [5.41, 5.74) is 0.153. The van der Waals surface area contributed by atoms with Crippen molar-refractivity contribution in [2.24, 2.45) is 5.92 Å². The highest BCUT2D eigenvalue weighted by Crippen LogP contribution is 2.64. The molecule has 8 nitrogen and oxygen atoms in total. The molecular weight excluding hydrogens is 675 g/mol. The first-order chi connectivity index (χ1) is 22.9. The number of carbonyl (C=O) groups excluding carboxylic acids is 2. The fraction of sp³-hybridized carbons (Fsp3) is 0.382. The van der Waals surface area contributed by atoms with Gasteiger partial charge in [-0.1, -0.05) is 41.4 Å². The number of ether oxygens (including phenoxy) is 2. The Labute approximate surface area is 281 Å². The zero-order valence-electron chi connectivity index (χ0n) is 25.4. The first-order valence-electron chi connectivity index (χ1n) is 15.7. The average Bonchev–Trinajstić information content (AvgIpc) is 3.62. The number of hydrogen-bond donors (Lipinski definition) is 1. The number of halogens is 6. The molecule has 4 aromatic rings. The molecule has 1 aromatic heterocycles. The van der Waals surface area contributed by atoms with E-state index in [9.17, 15) is 22.8 Å². The van der Waals surface area contributed by atoms with Crippen LogP contribution in [0.4, 0.5) is 23.2 Å². The summed E-state index contributed by atoms with van der Waals surface area (Å²) in [6.07, 6.45) is -2.60. The molecule has 1 amide bonds. The van der Waals surface area contributed by atoms with E-state index in [-0.39, 0.29) is 34.7 Å². The second-order valence-electron chi connectivity index (χ2n) is 12.7. The van der Waals surface area contributed by atoms with Crippen molar-refractivity contribution in [3.8, 4) is 5.75 Å². The molecule has 4 heterocycles. The van der Waals surface area contributed by atoms with Gasteiger partial charge in [-0.2, -0.15) is 0 Å². The second-order valence-corrected chi connectivity index (χ2v) is 13.6. The fourth-order valence-corrected chi connectivity index (χ4v) is 8.55. The smallest absolute Gasteiger partial charge is 0.462 e. The Morgan fingerprint density at radius 2 is 1.92 bits per heavy atom. The zero-order chi connectivity index (χ0) is 33.7. The molecular formula is C34H28Cl2F4N4O4. The minimum Gasteiger partial charge on any atom is -0.462 e. The van der Waals surface area contributed by atoms with E-state index < -0.39 is 46.8 Å². The first kappa shape index (κ1) is 31.4. The van der Waals surface area contributed by atoms with E-state index >= 15 is 4.39 Å². The minimum atomic E-state index is -5.08. The summed E-state index contributed by atoms with van der Waals surface area (Å²) < 4.78 is 68.0. The third-order valence-corrected chi connectivity index (χ3v) is 10.6. The van der Waals surface area contributed by atoms with E-state index in [1.165, 1.54) is 12.1 Å². The molecule has 8 rings (SSSR count). The lowest BCUT2D eigenvalue weighted by Crippen LogP contribution is -2.53. The van der Waals surface area contributed by atoms with Crippen molar-refractivity contribution in [2.75, 3.05) is 18.5 Å². The zero-order valence-corrected chi connectivity index (χ0v) is 26.9. The van der Waals surface area contributed by atoms with Crippen molar-refractivity contribution < 1.29 is 36.6 Å². The van der Waals surface area contributed by atoms with Gasteiger partial charge in [0.05, 0.1) is 22.7 Å². The van der Waals surface area contributed by atoms with E-state index in [0.29, 0.717) is 53.0 Å². The van der Waals surface area contributed by atoms with Gasteiger partial charge in [-0.05, 0) is 61.9 Å². The van der Waals surface area contributed by atoms with Crippen molar-refractivity contribution in [1.29, 1.82) is 0 Å². The van der Waals surface area contributed by atoms with Crippen molar-refractivity contribution >= 4 is 51.8 Å². The fourth-order valence-electron chi connectivity index (χ4n) is 8.19. The van der Waals surface area contributed by atoms with E-state index in [2.05, 4.69) is 15.0 Å². The maximum absolute atomic E-state index is 16.3. The summed E-state index contributed by atoms with van der Waals surface area (Å²) in [6, 6.07) is 12.0. The maximum atomic E-state index is 16.3. The van der Waals surface area contributed by atoms with E-state index in [1.54, 1.807) is 41.8 Å². The lowest BCUT2D eigenvalue weighted by Gasteiger charge is -2.40. The van der Waals surface area contributed by atoms with Gasteiger partial charge in [-0.15, -0.1) is 13.2 Å². The summed E-state index contributed by atoms with van der Waals surface area (Å²) in [4.78, 5) is 34.5. The van der Waals surface area contributed by atoms with Gasteiger partial charge in [0.2, 0.25) is 5.91 Å². The van der Waals surface area contributed by atoms with Gasteiger partial charge >= 0.3 is 12.3 Å². The lowest BCUT2D eigenvalue weighted by atomic mass is 9.70. The van der Waals surface area contributed by atoms with Gasteiger partial charge in [-0.3, -0.25) is 9.69 Å². The third-order valence-electron chi connectivity index (χ3n) is 10.1. The molecule has 3 aliphatic heterocycles. The molecule has 0 bridgehead atoms. The summed E-state index contributed by atoms with van der Waals surface area (Å²) in [5.74, 6) is -3.36. The topological polar surface area (TPSA) is 85.7 Å². The monoisotopic (exact) mass is 702 g/mol. The molecule has 4 aliphatic rings. The van der Waals surface area contributed by atoms with Gasteiger partial charge < -0.3 is 19.4 Å². The van der Waals surface area contributed by atoms with Crippen molar-refractivity contribution in [3.05, 3.63) is 86.9 Å². The Kier molecular flexibility index (Phi) is 7.25. The van der Waals surface area contributed by atoms with Crippen LogP contribution < -0.4 is 10.1 Å². The number of hydrogen-bond acceptors (Lipinski definition) is 6. The van der Waals surface area contributed by atoms with Crippen molar-refractivity contribution in [3.63, 3.8) is 0 Å². The lowest BCUT2D eigenvalue weighted by molar-refractivity contribution is -0.274. The molecule has 4 atom stereocenters. The number of amides is 1. The predicted octanol–water partition coefficient (Wildman–Crippen LogP) is 7.77. The predicted molar refractivity (Wildman–Crippen MR) is 169 cm³/mol. The number of nitrogens with one attached hydrogen (secondary N) is 1. The highest BCUT2D eigenvalue weighted by molar-refractivity contribution is 6.31. The van der Waals surface area contributed by atoms with Crippen LogP contribution in [0, 0.1) is 11.7 Å². The molecule has 1 saturated heterocycles. The molecule has 2 fully saturated rings. The number of nitrogens with zero attached hydrogens (tertiary/aromatic N) is 3. The van der Waals surface area contributed by atoms with Crippen LogP contribution in [-0.4, -0.2) is 51.9 Å². The molecule has 1 N–H and O–H groups in total. The third kappa shape index (κ3) is 4.70. The highest BCUT2D eigenvalue weighted by atomic mass is 35.5. The van der Waals surface area contributed by atoms with Gasteiger partial charge in [-0.25, -0.2) is 14.2 Å². The Bertz CT molecular complexity index is 2020. The Balaban J connectivity index is 1.39. The van der Waals surface area contributed by atoms with Crippen LogP contribution >= 0.6 is 23.2 Å². The van der Waals surface area contributed by atoms with Gasteiger partial charge in [0.1, 0.15) is 28.5 Å². The van der Waals surface area contributed by atoms with Gasteiger partial charge in [0, 0.05) is 53.3 Å². The SMILES string of the molecule is CCOC(=O)c1cc2nc3n(c2cc1OC(F)(F)F)CC[C@H]1[C@@H]3[C@H](c2cccc(Cl)c2F)[C@]2(C(=O)Nc3cc(Cl)ccc32)N1CC1CC1. The normalized spacial score (nSPS) is 24.8. The van der Waals surface area contributed by atoms with Crippen LogP contribution in [-0.2, 0) is 21.6 Å². The molecule has 1 aliphatic carbocycles. The number of fused-ring (bicyclic) bond motifs is 7. The standard InChI is InChI=1S/C34H28Cl2F4N4O4/c1-2-47-31(45)19-13-23-25(14-26(19)48-34(38,39)40)43-11-10-24-27(30(43)41-23)28(18-4-3-5-21(36)29(18)37)33(44(24)15-16-6-7-16)20-9-8-17(35)12-22(20)42-32(33)46/h3-5,8-9,12-14,16,24,27-28H,2,6-7,10-11,15H2,1H3,(H,42,46)/t24-,27+,28-,33+/m0/s1. The largest absolute Gasteiger partial charge is 0.573 e. The van der Waals surface area contributed by atoms with Crippen molar-refractivity contribution in [1.82, 2.24) is 14.5 Å². The van der Waals surface area contributed by atoms with Crippen LogP contribution in [0.15, 0.2) is 48.5 Å². The molecule has 1 saturated carbocycles. The minimum absolute atomic E-state index is 0.0632. The Hall–Kier alpha value is -3.87. The number of rotatable bonds is 6. The van der Waals surface area contributed by atoms with E-state index in [4.69, 9.17) is 32.9 Å². The summed E-state index contributed by atoms with van der Waals surface area (Å²) in [7, 11) is 0. The Morgan fingerprint density at radius 1 is 1.12 bits per heavy atom. The van der Waals surface area contributed by atoms with Gasteiger partial charge in [0.25, 0.3) is 0 Å². The summed E-state index contributed by atoms with van der Waals surface area (Å²) in [6.45, 7) is 2.40. The number of likely N-dealkylation sites (tertiary alicyclic amines) is 1. The first-order valence-corrected chi connectivity index (χ1v) is 16.5. The number of aryl methyl sites for hydroxylation is 1. The number of carbonyl (C=O) groups is 2. The second kappa shape index (κ2) is 11.1. The van der Waals surface area contributed by atoms with Crippen molar-refractivity contribution in [2.45, 2.75) is 62.5 Å². The number of esters is 1. The van der Waals surface area contributed by atoms with Crippen LogP contribution in [0.2, 0.25) is 10.0 Å². The number of aromatic nitrogens is 2. The quantitative estimate of drug-likeness (QED) is 0.163. The molecule has 0 radical (unpaired) electrons. The molecule has 250 valence electrons. The van der Waals surface area contributed by atoms with Crippen LogP contribution in [0.3, 0.4) is 0 Å². The summed E-state index contributed by atoms with van der Waals surface area (Å²) in [5, 5.41) is 3.35. The van der Waals surface area contributed by atoms with E-state index in [0.717, 1.165) is 18.9 Å². The van der Waals surface area contributed by atoms with E-state index in [1.807, 2.05) is 0 Å². The van der Waals surface area contributed by atoms with Crippen LogP contribution in [0.5, 0.6) is 5.75 Å². The molecule has 1 spiro atoms. The maximum Gasteiger partial charge on any atom is 0.573 e. The molecule has 0 unspecified atom stereocenters. The summed E-state index contributed by atoms with van der Waals surface area (Å²) >= 11 is 12.7. The number of benzene rings is 3. The number of imidazole rings is 1. The van der Waals surface area contributed by atoms with Gasteiger partial charge in [0.15, 0.2) is 0 Å². The average molecular weight is 704 g/mol. The Morgan fingerprint density at radius 3 is 2.65 bits per heavy atom. The molecule has 3 aromatic carbocycles. The van der Waals surface area contributed by atoms with Crippen LogP contribution in [0.25, 0.3) is 11.0 Å².